The molecule has 1 radical (unpaired) electrons. The Hall–Kier alpha value is 0.404. The van der Waals surface area contributed by atoms with Crippen LogP contribution in [0.3, 0.4) is 0 Å². The number of hydrogen-bond donors (Lipinski definition) is 0. The molecule has 3 nitrogen and oxygen atoms in total. The molecule has 4 heteroatoms. The van der Waals surface area contributed by atoms with Crippen molar-refractivity contribution in [1.29, 1.82) is 0 Å². The summed E-state index contributed by atoms with van der Waals surface area (Å²) in [4.78, 5) is 15.0. The third-order valence-electron chi connectivity index (χ3n) is 0.831. The Balaban J connectivity index is 0. The Kier molecular flexibility index (Phi) is 8.78. The summed E-state index contributed by atoms with van der Waals surface area (Å²) in [6.07, 6.45) is 1.43. The number of rotatable bonds is 2. The number of amides is 1. The van der Waals surface area contributed by atoms with E-state index in [4.69, 9.17) is 0 Å². The van der Waals surface area contributed by atoms with Gasteiger partial charge in [-0.25, -0.2) is 0 Å². The smallest absolute Gasteiger partial charge is 0.110 e. The van der Waals surface area contributed by atoms with Crippen molar-refractivity contribution in [3.63, 3.8) is 0 Å². The minimum Gasteiger partial charge on any atom is -0.309 e. The van der Waals surface area contributed by atoms with Crippen LogP contribution in [-0.4, -0.2) is 25.1 Å². The quantitative estimate of drug-likeness (QED) is 0.477. The molecule has 0 aromatic carbocycles. The van der Waals surface area contributed by atoms with Crippen LogP contribution >= 0.6 is 0 Å². The molecular formula is C5H10NO2Y-. The van der Waals surface area contributed by atoms with Crippen molar-refractivity contribution in [3.05, 3.63) is 6.42 Å². The van der Waals surface area contributed by atoms with E-state index in [1.54, 1.807) is 14.0 Å². The summed E-state index contributed by atoms with van der Waals surface area (Å²) in [6, 6.07) is 0. The van der Waals surface area contributed by atoms with Gasteiger partial charge in [0.15, 0.2) is 0 Å². The molecule has 51 valence electrons. The van der Waals surface area contributed by atoms with Gasteiger partial charge in [0, 0.05) is 39.8 Å². The summed E-state index contributed by atoms with van der Waals surface area (Å²) in [6.45, 7) is 1.66. The van der Waals surface area contributed by atoms with Gasteiger partial charge in [-0.15, -0.1) is 0 Å². The van der Waals surface area contributed by atoms with Crippen molar-refractivity contribution < 1.29 is 42.3 Å². The van der Waals surface area contributed by atoms with E-state index in [0.29, 0.717) is 0 Å². The average molecular weight is 205 g/mol. The Morgan fingerprint density at radius 1 is 1.67 bits per heavy atom. The monoisotopic (exact) mass is 205 g/mol. The van der Waals surface area contributed by atoms with E-state index in [1.165, 1.54) is 13.5 Å². The maximum absolute atomic E-state index is 10.5. The van der Waals surface area contributed by atoms with Crippen molar-refractivity contribution in [3.8, 4) is 0 Å². The van der Waals surface area contributed by atoms with Crippen LogP contribution in [-0.2, 0) is 42.3 Å². The first kappa shape index (κ1) is 12.1. The first-order valence-electron chi connectivity index (χ1n) is 2.33. The Morgan fingerprint density at radius 3 is 2.22 bits per heavy atom. The molecule has 0 N–H and O–H groups in total. The van der Waals surface area contributed by atoms with E-state index >= 15 is 0 Å². The second kappa shape index (κ2) is 6.52. The SMILES string of the molecule is C[CH-]C(=O)N(C)OC.[Y]. The number of hydroxylamine groups is 2. The molecule has 0 unspecified atom stereocenters. The van der Waals surface area contributed by atoms with Crippen molar-refractivity contribution in [2.45, 2.75) is 6.92 Å². The molecule has 9 heavy (non-hydrogen) atoms. The van der Waals surface area contributed by atoms with E-state index in [1.807, 2.05) is 0 Å². The number of nitrogens with zero attached hydrogens (tertiary/aromatic N) is 1. The zero-order valence-corrected chi connectivity index (χ0v) is 8.76. The third-order valence-corrected chi connectivity index (χ3v) is 0.831. The van der Waals surface area contributed by atoms with Crippen molar-refractivity contribution in [2.24, 2.45) is 0 Å². The largest absolute Gasteiger partial charge is 0.309 e. The van der Waals surface area contributed by atoms with Gasteiger partial charge < -0.3 is 11.2 Å². The van der Waals surface area contributed by atoms with Crippen LogP contribution in [0.25, 0.3) is 0 Å². The number of carbonyl (C=O) groups is 1. The molecule has 0 heterocycles. The minimum absolute atomic E-state index is 0. The minimum atomic E-state index is -0.132. The van der Waals surface area contributed by atoms with Gasteiger partial charge in [0.05, 0.1) is 7.11 Å². The Bertz CT molecular complexity index is 87.0. The predicted molar refractivity (Wildman–Crippen MR) is 29.8 cm³/mol. The molecule has 0 aliphatic heterocycles. The van der Waals surface area contributed by atoms with E-state index < -0.39 is 0 Å². The number of hydrogen-bond acceptors (Lipinski definition) is 2. The van der Waals surface area contributed by atoms with Crippen LogP contribution in [0.1, 0.15) is 6.92 Å². The molecule has 0 aliphatic carbocycles. The van der Waals surface area contributed by atoms with Crippen molar-refractivity contribution >= 4 is 5.91 Å². The molecule has 0 saturated heterocycles. The van der Waals surface area contributed by atoms with Gasteiger partial charge >= 0.3 is 0 Å². The van der Waals surface area contributed by atoms with Gasteiger partial charge in [-0.3, -0.25) is 9.90 Å². The van der Waals surface area contributed by atoms with Crippen LogP contribution in [0.2, 0.25) is 0 Å². The van der Waals surface area contributed by atoms with E-state index in [9.17, 15) is 4.79 Å². The van der Waals surface area contributed by atoms with Gasteiger partial charge in [0.2, 0.25) is 0 Å². The molecule has 0 atom stereocenters. The predicted octanol–water partition coefficient (Wildman–Crippen LogP) is 0.228. The molecule has 0 aliphatic rings. The summed E-state index contributed by atoms with van der Waals surface area (Å²) in [7, 11) is 3.00. The Morgan fingerprint density at radius 2 is 2.11 bits per heavy atom. The van der Waals surface area contributed by atoms with Crippen LogP contribution in [0, 0.1) is 6.42 Å². The summed E-state index contributed by atoms with van der Waals surface area (Å²) < 4.78 is 0. The molecule has 0 saturated carbocycles. The maximum Gasteiger partial charge on any atom is 0.110 e. The van der Waals surface area contributed by atoms with Gasteiger partial charge in [-0.2, -0.15) is 6.92 Å². The zero-order chi connectivity index (χ0) is 6.57. The van der Waals surface area contributed by atoms with Crippen molar-refractivity contribution in [1.82, 2.24) is 5.06 Å². The van der Waals surface area contributed by atoms with Gasteiger partial charge in [-0.05, 0) is 0 Å². The van der Waals surface area contributed by atoms with E-state index in [0.717, 1.165) is 5.06 Å². The fourth-order valence-electron chi connectivity index (χ4n) is 0.272. The van der Waals surface area contributed by atoms with Crippen LogP contribution in [0.5, 0.6) is 0 Å². The van der Waals surface area contributed by atoms with Gasteiger partial charge in [-0.1, -0.05) is 0 Å². The van der Waals surface area contributed by atoms with Gasteiger partial charge in [0.1, 0.15) is 5.91 Å². The summed E-state index contributed by atoms with van der Waals surface area (Å²) in [5.74, 6) is -0.132. The summed E-state index contributed by atoms with van der Waals surface area (Å²) >= 11 is 0. The third kappa shape index (κ3) is 4.88. The standard InChI is InChI=1S/C5H10NO2.Y/c1-4-5(7)6(2)8-3;/h4H,1-3H3;/q-1;. The average Bonchev–Trinajstić information content (AvgIpc) is 1.84. The van der Waals surface area contributed by atoms with E-state index in [2.05, 4.69) is 4.84 Å². The zero-order valence-electron chi connectivity index (χ0n) is 5.92. The Labute approximate surface area is 80.6 Å². The molecule has 0 rings (SSSR count). The van der Waals surface area contributed by atoms with Crippen LogP contribution < -0.4 is 0 Å². The van der Waals surface area contributed by atoms with Crippen molar-refractivity contribution in [2.75, 3.05) is 14.2 Å². The first-order chi connectivity index (χ1) is 3.72. The molecule has 0 aromatic heterocycles. The summed E-state index contributed by atoms with van der Waals surface area (Å²) in [5.41, 5.74) is 0. The molecular weight excluding hydrogens is 195 g/mol. The number of carbonyl (C=O) groups excluding carboxylic acids is 1. The topological polar surface area (TPSA) is 29.5 Å². The molecule has 1 amide bonds. The molecule has 0 bridgehead atoms. The second-order valence-electron chi connectivity index (χ2n) is 1.31. The second-order valence-corrected chi connectivity index (χ2v) is 1.31. The fourth-order valence-corrected chi connectivity index (χ4v) is 0.272. The molecule has 0 spiro atoms. The van der Waals surface area contributed by atoms with Crippen LogP contribution in [0.15, 0.2) is 0 Å². The van der Waals surface area contributed by atoms with Gasteiger partial charge in [0.25, 0.3) is 0 Å². The summed E-state index contributed by atoms with van der Waals surface area (Å²) in [5, 5.41) is 1.15. The fraction of sp³-hybridized carbons (Fsp3) is 0.600. The normalized spacial score (nSPS) is 7.44. The van der Waals surface area contributed by atoms with Crippen LogP contribution in [0.4, 0.5) is 0 Å². The maximum atomic E-state index is 10.5. The van der Waals surface area contributed by atoms with E-state index in [-0.39, 0.29) is 38.6 Å². The first-order valence-corrected chi connectivity index (χ1v) is 2.33. The molecule has 0 fully saturated rings. The molecule has 0 aromatic rings.